The summed E-state index contributed by atoms with van der Waals surface area (Å²) >= 11 is 5.82. The fraction of sp³-hybridized carbons (Fsp3) is 0.0952. The van der Waals surface area contributed by atoms with E-state index in [9.17, 15) is 23.3 Å². The number of carbonyl (C=O) groups is 1. The van der Waals surface area contributed by atoms with Gasteiger partial charge >= 0.3 is 5.69 Å². The number of nitro groups is 1. The molecular weight excluding hydrogens is 474 g/mol. The van der Waals surface area contributed by atoms with Gasteiger partial charge in [0.05, 0.1) is 29.7 Å². The molecule has 3 aromatic rings. The minimum atomic E-state index is -3.55. The number of nitrogens with one attached hydrogen (secondary N) is 2. The molecule has 0 aliphatic heterocycles. The molecule has 0 heterocycles. The highest BCUT2D eigenvalue weighted by atomic mass is 35.5. The number of para-hydroxylation sites is 2. The topological polar surface area (TPSA) is 137 Å². The largest absolute Gasteiger partial charge is 0.493 e. The summed E-state index contributed by atoms with van der Waals surface area (Å²) in [4.78, 5) is 23.4. The van der Waals surface area contributed by atoms with Gasteiger partial charge in [-0.15, -0.1) is 0 Å². The van der Waals surface area contributed by atoms with Crippen molar-refractivity contribution in [3.63, 3.8) is 0 Å². The molecule has 3 rings (SSSR count). The van der Waals surface area contributed by atoms with Gasteiger partial charge in [-0.3, -0.25) is 19.6 Å². The Morgan fingerprint density at radius 1 is 1.00 bits per heavy atom. The predicted molar refractivity (Wildman–Crippen MR) is 124 cm³/mol. The highest BCUT2D eigenvalue weighted by Gasteiger charge is 2.19. The van der Waals surface area contributed by atoms with Crippen molar-refractivity contribution in [3.8, 4) is 17.2 Å². The standard InChI is InChI=1S/C21H18ClN3O7S/c1-31-20-11-13(21(26)23-15-5-3-4-6-16(15)24-33(2,29)30)7-9-19(20)32-18-10-8-14(22)12-17(18)25(27)28/h3-12,24H,1-2H3,(H,23,26). The van der Waals surface area contributed by atoms with E-state index in [-0.39, 0.29) is 44.9 Å². The van der Waals surface area contributed by atoms with Gasteiger partial charge < -0.3 is 14.8 Å². The third-order valence-corrected chi connectivity index (χ3v) is 5.06. The van der Waals surface area contributed by atoms with Crippen LogP contribution in [-0.2, 0) is 10.0 Å². The third kappa shape index (κ3) is 6.11. The number of rotatable bonds is 8. The number of anilines is 2. The lowest BCUT2D eigenvalue weighted by atomic mass is 10.1. The molecule has 0 aliphatic carbocycles. The monoisotopic (exact) mass is 491 g/mol. The van der Waals surface area contributed by atoms with Gasteiger partial charge in [-0.1, -0.05) is 23.7 Å². The molecule has 172 valence electrons. The van der Waals surface area contributed by atoms with Gasteiger partial charge in [0.15, 0.2) is 11.5 Å². The van der Waals surface area contributed by atoms with Gasteiger partial charge in [0.25, 0.3) is 5.91 Å². The van der Waals surface area contributed by atoms with Gasteiger partial charge in [-0.05, 0) is 42.5 Å². The van der Waals surface area contributed by atoms with Crippen molar-refractivity contribution >= 4 is 44.6 Å². The molecular formula is C21H18ClN3O7S. The molecule has 0 fully saturated rings. The number of amides is 1. The second-order valence-electron chi connectivity index (χ2n) is 6.71. The van der Waals surface area contributed by atoms with E-state index in [2.05, 4.69) is 10.0 Å². The number of methoxy groups -OCH3 is 1. The van der Waals surface area contributed by atoms with Gasteiger partial charge in [-0.25, -0.2) is 8.42 Å². The Balaban J connectivity index is 1.87. The molecule has 0 unspecified atom stereocenters. The zero-order valence-electron chi connectivity index (χ0n) is 17.4. The first-order valence-corrected chi connectivity index (χ1v) is 11.5. The van der Waals surface area contributed by atoms with Crippen LogP contribution in [0.1, 0.15) is 10.4 Å². The number of nitrogens with zero attached hydrogens (tertiary/aromatic N) is 1. The van der Waals surface area contributed by atoms with Crippen LogP contribution in [0.25, 0.3) is 0 Å². The maximum Gasteiger partial charge on any atom is 0.313 e. The minimum absolute atomic E-state index is 0.0549. The van der Waals surface area contributed by atoms with Crippen LogP contribution in [0, 0.1) is 10.1 Å². The van der Waals surface area contributed by atoms with Crippen LogP contribution < -0.4 is 19.5 Å². The fourth-order valence-corrected chi connectivity index (χ4v) is 3.55. The van der Waals surface area contributed by atoms with Crippen LogP contribution in [0.2, 0.25) is 5.02 Å². The zero-order valence-corrected chi connectivity index (χ0v) is 18.9. The van der Waals surface area contributed by atoms with E-state index in [1.165, 1.54) is 43.5 Å². The molecule has 0 spiro atoms. The molecule has 10 nitrogen and oxygen atoms in total. The first kappa shape index (κ1) is 23.8. The number of sulfonamides is 1. The molecule has 0 bridgehead atoms. The van der Waals surface area contributed by atoms with Gasteiger partial charge in [0.1, 0.15) is 0 Å². The van der Waals surface area contributed by atoms with Gasteiger partial charge in [-0.2, -0.15) is 0 Å². The molecule has 2 N–H and O–H groups in total. The maximum absolute atomic E-state index is 12.8. The number of carbonyl (C=O) groups excluding carboxylic acids is 1. The summed E-state index contributed by atoms with van der Waals surface area (Å²) in [5, 5.41) is 14.1. The molecule has 0 aromatic heterocycles. The van der Waals surface area contributed by atoms with Crippen LogP contribution in [0.5, 0.6) is 17.2 Å². The van der Waals surface area contributed by atoms with Crippen LogP contribution in [-0.4, -0.2) is 32.6 Å². The predicted octanol–water partition coefficient (Wildman–Crippen LogP) is 4.67. The van der Waals surface area contributed by atoms with Crippen LogP contribution >= 0.6 is 11.6 Å². The lowest BCUT2D eigenvalue weighted by molar-refractivity contribution is -0.385. The summed E-state index contributed by atoms with van der Waals surface area (Å²) in [6.45, 7) is 0. The normalized spacial score (nSPS) is 10.9. The van der Waals surface area contributed by atoms with E-state index in [4.69, 9.17) is 21.1 Å². The highest BCUT2D eigenvalue weighted by Crippen LogP contribution is 2.38. The number of nitro benzene ring substituents is 1. The number of ether oxygens (including phenoxy) is 2. The number of hydrogen-bond donors (Lipinski definition) is 2. The Bertz CT molecular complexity index is 1330. The van der Waals surface area contributed by atoms with Gasteiger partial charge in [0, 0.05) is 16.7 Å². The van der Waals surface area contributed by atoms with E-state index in [1.54, 1.807) is 18.2 Å². The van der Waals surface area contributed by atoms with Crippen molar-refractivity contribution in [1.82, 2.24) is 0 Å². The van der Waals surface area contributed by atoms with Crippen LogP contribution in [0.15, 0.2) is 60.7 Å². The molecule has 0 atom stereocenters. The zero-order chi connectivity index (χ0) is 24.2. The first-order chi connectivity index (χ1) is 15.6. The van der Waals surface area contributed by atoms with Gasteiger partial charge in [0.2, 0.25) is 15.8 Å². The Kier molecular flexibility index (Phi) is 7.04. The highest BCUT2D eigenvalue weighted by molar-refractivity contribution is 7.92. The second-order valence-corrected chi connectivity index (χ2v) is 8.90. The Morgan fingerprint density at radius 2 is 1.67 bits per heavy atom. The van der Waals surface area contributed by atoms with Crippen molar-refractivity contribution in [3.05, 3.63) is 81.4 Å². The molecule has 0 saturated carbocycles. The second kappa shape index (κ2) is 9.76. The summed E-state index contributed by atoms with van der Waals surface area (Å²) in [6.07, 6.45) is 1.00. The van der Waals surface area contributed by atoms with Crippen molar-refractivity contribution < 1.29 is 27.6 Å². The van der Waals surface area contributed by atoms with Crippen LogP contribution in [0.4, 0.5) is 17.1 Å². The molecule has 0 saturated heterocycles. The average Bonchev–Trinajstić information content (AvgIpc) is 2.75. The Hall–Kier alpha value is -3.83. The fourth-order valence-electron chi connectivity index (χ4n) is 2.81. The Labute approximate surface area is 194 Å². The van der Waals surface area contributed by atoms with Crippen molar-refractivity contribution in [2.45, 2.75) is 0 Å². The first-order valence-electron chi connectivity index (χ1n) is 9.25. The van der Waals surface area contributed by atoms with E-state index in [1.807, 2.05) is 0 Å². The minimum Gasteiger partial charge on any atom is -0.493 e. The molecule has 12 heteroatoms. The summed E-state index contributed by atoms with van der Waals surface area (Å²) in [5.41, 5.74) is 0.305. The average molecular weight is 492 g/mol. The third-order valence-electron chi connectivity index (χ3n) is 4.23. The Morgan fingerprint density at radius 3 is 2.30 bits per heavy atom. The SMILES string of the molecule is COc1cc(C(=O)Nc2ccccc2NS(C)(=O)=O)ccc1Oc1ccc(Cl)cc1[N+](=O)[O-]. The number of halogens is 1. The van der Waals surface area contributed by atoms with E-state index in [0.29, 0.717) is 0 Å². The van der Waals surface area contributed by atoms with E-state index < -0.39 is 20.9 Å². The number of benzene rings is 3. The molecule has 33 heavy (non-hydrogen) atoms. The van der Waals surface area contributed by atoms with Crippen molar-refractivity contribution in [1.29, 1.82) is 0 Å². The maximum atomic E-state index is 12.8. The van der Waals surface area contributed by atoms with Crippen molar-refractivity contribution in [2.24, 2.45) is 0 Å². The molecule has 1 amide bonds. The molecule has 3 aromatic carbocycles. The summed E-state index contributed by atoms with van der Waals surface area (Å²) in [6, 6.07) is 14.5. The van der Waals surface area contributed by atoms with E-state index >= 15 is 0 Å². The lowest BCUT2D eigenvalue weighted by Crippen LogP contribution is -2.16. The lowest BCUT2D eigenvalue weighted by Gasteiger charge is -2.14. The smallest absolute Gasteiger partial charge is 0.313 e. The number of hydrogen-bond acceptors (Lipinski definition) is 7. The van der Waals surface area contributed by atoms with Crippen molar-refractivity contribution in [2.75, 3.05) is 23.4 Å². The quantitative estimate of drug-likeness (QED) is 0.345. The summed E-state index contributed by atoms with van der Waals surface area (Å²) in [7, 11) is -2.20. The van der Waals surface area contributed by atoms with Crippen LogP contribution in [0.3, 0.4) is 0 Å². The molecule has 0 aliphatic rings. The summed E-state index contributed by atoms with van der Waals surface area (Å²) in [5.74, 6) is -0.311. The summed E-state index contributed by atoms with van der Waals surface area (Å²) < 4.78 is 36.4. The van der Waals surface area contributed by atoms with E-state index in [0.717, 1.165) is 12.3 Å². The molecule has 0 radical (unpaired) electrons.